The molecule has 1 unspecified atom stereocenters. The molecule has 2 aromatic carbocycles. The van der Waals surface area contributed by atoms with Crippen molar-refractivity contribution in [2.24, 2.45) is 0 Å². The van der Waals surface area contributed by atoms with Gasteiger partial charge in [-0.1, -0.05) is 59.6 Å². The maximum Gasteiger partial charge on any atom is 0.222 e. The lowest BCUT2D eigenvalue weighted by Gasteiger charge is -2.22. The normalized spacial score (nSPS) is 12.0. The fraction of sp³-hybridized carbons (Fsp3) is 0.350. The first-order valence-electron chi connectivity index (χ1n) is 8.35. The third-order valence-electron chi connectivity index (χ3n) is 4.32. The van der Waals surface area contributed by atoms with Crippen LogP contribution < -0.4 is 0 Å². The van der Waals surface area contributed by atoms with Crippen LogP contribution in [0.3, 0.4) is 0 Å². The number of likely N-dealkylation sites (N-methyl/N-ethyl adjacent to an activating group) is 1. The van der Waals surface area contributed by atoms with Crippen molar-refractivity contribution in [3.05, 3.63) is 69.7 Å². The van der Waals surface area contributed by atoms with Gasteiger partial charge in [0.1, 0.15) is 0 Å². The van der Waals surface area contributed by atoms with E-state index in [4.69, 9.17) is 23.2 Å². The molecule has 1 N–H and O–H groups in total. The summed E-state index contributed by atoms with van der Waals surface area (Å²) in [5.41, 5.74) is 2.13. The van der Waals surface area contributed by atoms with Crippen molar-refractivity contribution in [3.63, 3.8) is 0 Å². The van der Waals surface area contributed by atoms with Crippen molar-refractivity contribution in [2.75, 3.05) is 20.2 Å². The first-order chi connectivity index (χ1) is 12.0. The number of benzene rings is 2. The van der Waals surface area contributed by atoms with Gasteiger partial charge in [-0.3, -0.25) is 4.79 Å². The highest BCUT2D eigenvalue weighted by Gasteiger charge is 2.19. The molecular formula is C20H23Cl2NO2. The van der Waals surface area contributed by atoms with Crippen molar-refractivity contribution < 1.29 is 9.90 Å². The molecule has 0 aliphatic carbocycles. The minimum atomic E-state index is -0.0774. The van der Waals surface area contributed by atoms with Gasteiger partial charge in [0.15, 0.2) is 0 Å². The third kappa shape index (κ3) is 6.03. The van der Waals surface area contributed by atoms with Crippen molar-refractivity contribution in [1.82, 2.24) is 4.90 Å². The summed E-state index contributed by atoms with van der Waals surface area (Å²) in [6.45, 7) is 0.683. The molecule has 2 rings (SSSR count). The number of nitrogens with zero attached hydrogens (tertiary/aromatic N) is 1. The van der Waals surface area contributed by atoms with Crippen LogP contribution in [0.1, 0.15) is 29.9 Å². The minimum absolute atomic E-state index is 0.0198. The van der Waals surface area contributed by atoms with E-state index >= 15 is 0 Å². The lowest BCUT2D eigenvalue weighted by Crippen LogP contribution is -2.30. The van der Waals surface area contributed by atoms with E-state index in [2.05, 4.69) is 12.1 Å². The van der Waals surface area contributed by atoms with E-state index in [1.165, 1.54) is 5.56 Å². The maximum atomic E-state index is 12.6. The van der Waals surface area contributed by atoms with Crippen LogP contribution >= 0.6 is 23.2 Å². The molecule has 2 aromatic rings. The lowest BCUT2D eigenvalue weighted by molar-refractivity contribution is -0.130. The molecule has 0 fully saturated rings. The van der Waals surface area contributed by atoms with Crippen LogP contribution in [0.4, 0.5) is 0 Å². The number of halogens is 2. The average molecular weight is 380 g/mol. The molecule has 0 heterocycles. The molecule has 0 spiro atoms. The van der Waals surface area contributed by atoms with E-state index < -0.39 is 0 Å². The van der Waals surface area contributed by atoms with Gasteiger partial charge in [-0.15, -0.1) is 0 Å². The molecule has 0 radical (unpaired) electrons. The first-order valence-corrected chi connectivity index (χ1v) is 9.10. The highest BCUT2D eigenvalue weighted by atomic mass is 35.5. The Balaban J connectivity index is 1.97. The third-order valence-corrected chi connectivity index (χ3v) is 5.06. The topological polar surface area (TPSA) is 40.5 Å². The lowest BCUT2D eigenvalue weighted by atomic mass is 9.92. The molecule has 0 aliphatic heterocycles. The Morgan fingerprint density at radius 3 is 2.48 bits per heavy atom. The van der Waals surface area contributed by atoms with Crippen LogP contribution in [0.5, 0.6) is 0 Å². The van der Waals surface area contributed by atoms with Crippen LogP contribution in [-0.4, -0.2) is 36.1 Å². The second-order valence-corrected chi connectivity index (χ2v) is 6.95. The summed E-state index contributed by atoms with van der Waals surface area (Å²) >= 11 is 12.0. The standard InChI is InChI=1S/C20H23Cl2NO2/c1-23(11-9-15-5-3-2-4-6-15)20(25)14-17(10-12-24)16-7-8-18(21)19(22)13-16/h2-8,13,17,24H,9-12,14H2,1H3. The zero-order chi connectivity index (χ0) is 18.2. The van der Waals surface area contributed by atoms with Crippen LogP contribution in [0.15, 0.2) is 48.5 Å². The second-order valence-electron chi connectivity index (χ2n) is 6.14. The summed E-state index contributed by atoms with van der Waals surface area (Å²) in [5.74, 6) is -0.0214. The van der Waals surface area contributed by atoms with Gasteiger partial charge in [0.05, 0.1) is 10.0 Å². The number of hydrogen-bond acceptors (Lipinski definition) is 2. The molecule has 1 atom stereocenters. The fourth-order valence-corrected chi connectivity index (χ4v) is 3.05. The van der Waals surface area contributed by atoms with Crippen LogP contribution in [0.2, 0.25) is 10.0 Å². The van der Waals surface area contributed by atoms with Gasteiger partial charge in [-0.2, -0.15) is 0 Å². The largest absolute Gasteiger partial charge is 0.396 e. The Labute approximate surface area is 159 Å². The van der Waals surface area contributed by atoms with Crippen molar-refractivity contribution in [2.45, 2.75) is 25.2 Å². The van der Waals surface area contributed by atoms with E-state index in [0.29, 0.717) is 29.4 Å². The Morgan fingerprint density at radius 2 is 1.84 bits per heavy atom. The highest BCUT2D eigenvalue weighted by Crippen LogP contribution is 2.30. The Bertz CT molecular complexity index is 691. The van der Waals surface area contributed by atoms with Gasteiger partial charge in [-0.05, 0) is 42.0 Å². The van der Waals surface area contributed by atoms with Crippen LogP contribution in [-0.2, 0) is 11.2 Å². The van der Waals surface area contributed by atoms with Gasteiger partial charge in [0.25, 0.3) is 0 Å². The van der Waals surface area contributed by atoms with Crippen LogP contribution in [0.25, 0.3) is 0 Å². The summed E-state index contributed by atoms with van der Waals surface area (Å²) in [4.78, 5) is 14.3. The molecule has 134 valence electrons. The van der Waals surface area contributed by atoms with Crippen LogP contribution in [0, 0.1) is 0 Å². The van der Waals surface area contributed by atoms with E-state index in [-0.39, 0.29) is 18.4 Å². The zero-order valence-corrected chi connectivity index (χ0v) is 15.8. The van der Waals surface area contributed by atoms with Crippen molar-refractivity contribution >= 4 is 29.1 Å². The molecular weight excluding hydrogens is 357 g/mol. The number of aliphatic hydroxyl groups is 1. The smallest absolute Gasteiger partial charge is 0.222 e. The van der Waals surface area contributed by atoms with E-state index in [0.717, 1.165) is 12.0 Å². The van der Waals surface area contributed by atoms with Gasteiger partial charge in [0, 0.05) is 26.6 Å². The number of amides is 1. The fourth-order valence-electron chi connectivity index (χ4n) is 2.74. The predicted molar refractivity (Wildman–Crippen MR) is 103 cm³/mol. The maximum absolute atomic E-state index is 12.6. The van der Waals surface area contributed by atoms with Gasteiger partial charge < -0.3 is 10.0 Å². The molecule has 0 aromatic heterocycles. The molecule has 0 saturated carbocycles. The van der Waals surface area contributed by atoms with E-state index in [1.54, 1.807) is 17.0 Å². The number of carbonyl (C=O) groups excluding carboxylic acids is 1. The molecule has 5 heteroatoms. The minimum Gasteiger partial charge on any atom is -0.396 e. The summed E-state index contributed by atoms with van der Waals surface area (Å²) < 4.78 is 0. The Kier molecular flexibility index (Phi) is 7.76. The van der Waals surface area contributed by atoms with E-state index in [1.807, 2.05) is 31.3 Å². The quantitative estimate of drug-likeness (QED) is 0.730. The summed E-state index contributed by atoms with van der Waals surface area (Å²) in [6, 6.07) is 15.5. The zero-order valence-electron chi connectivity index (χ0n) is 14.3. The van der Waals surface area contributed by atoms with Gasteiger partial charge >= 0.3 is 0 Å². The van der Waals surface area contributed by atoms with Gasteiger partial charge in [-0.25, -0.2) is 0 Å². The first kappa shape index (κ1) is 19.8. The SMILES string of the molecule is CN(CCc1ccccc1)C(=O)CC(CCO)c1ccc(Cl)c(Cl)c1. The molecule has 3 nitrogen and oxygen atoms in total. The Hall–Kier alpha value is -1.55. The van der Waals surface area contributed by atoms with Crippen molar-refractivity contribution in [1.29, 1.82) is 0 Å². The monoisotopic (exact) mass is 379 g/mol. The highest BCUT2D eigenvalue weighted by molar-refractivity contribution is 6.42. The number of rotatable bonds is 8. The predicted octanol–water partition coefficient (Wildman–Crippen LogP) is 4.55. The number of hydrogen-bond donors (Lipinski definition) is 1. The molecule has 0 bridgehead atoms. The molecule has 25 heavy (non-hydrogen) atoms. The van der Waals surface area contributed by atoms with Gasteiger partial charge in [0.2, 0.25) is 5.91 Å². The molecule has 1 amide bonds. The Morgan fingerprint density at radius 1 is 1.12 bits per heavy atom. The van der Waals surface area contributed by atoms with Crippen molar-refractivity contribution in [3.8, 4) is 0 Å². The number of carbonyl (C=O) groups is 1. The molecule has 0 saturated heterocycles. The summed E-state index contributed by atoms with van der Waals surface area (Å²) in [6.07, 6.45) is 1.67. The molecule has 0 aliphatic rings. The van der Waals surface area contributed by atoms with E-state index in [9.17, 15) is 9.90 Å². The summed E-state index contributed by atoms with van der Waals surface area (Å²) in [5, 5.41) is 10.3. The average Bonchev–Trinajstić information content (AvgIpc) is 2.62. The second kappa shape index (κ2) is 9.81. The number of aliphatic hydroxyl groups excluding tert-OH is 1. The summed E-state index contributed by atoms with van der Waals surface area (Å²) in [7, 11) is 1.82.